The van der Waals surface area contributed by atoms with Crippen molar-refractivity contribution in [3.8, 4) is 0 Å². The third kappa shape index (κ3) is 3.72. The largest absolute Gasteiger partial charge is 0.465 e. The molecular weight excluding hydrogens is 368 g/mol. The number of imide groups is 1. The van der Waals surface area contributed by atoms with Crippen LogP contribution in [-0.2, 0) is 14.3 Å². The zero-order valence-electron chi connectivity index (χ0n) is 13.7. The van der Waals surface area contributed by atoms with E-state index >= 15 is 0 Å². The van der Waals surface area contributed by atoms with Gasteiger partial charge in [0.1, 0.15) is 5.70 Å². The fourth-order valence-corrected chi connectivity index (χ4v) is 2.31. The highest BCUT2D eigenvalue weighted by atomic mass is 16.6. The molecule has 0 unspecified atom stereocenters. The molecular formula is C14H12N4O9. The Labute approximate surface area is 150 Å². The van der Waals surface area contributed by atoms with Crippen LogP contribution in [0, 0.1) is 20.2 Å². The Kier molecular flexibility index (Phi) is 5.45. The molecule has 2 amide bonds. The smallest absolute Gasteiger partial charge is 0.338 e. The third-order valence-electron chi connectivity index (χ3n) is 3.50. The van der Waals surface area contributed by atoms with E-state index in [1.165, 1.54) is 0 Å². The van der Waals surface area contributed by atoms with Crippen molar-refractivity contribution in [2.24, 2.45) is 0 Å². The average molecular weight is 380 g/mol. The zero-order valence-corrected chi connectivity index (χ0v) is 13.7. The maximum absolute atomic E-state index is 12.1. The number of nitrogens with one attached hydrogen (secondary N) is 1. The summed E-state index contributed by atoms with van der Waals surface area (Å²) < 4.78 is 4.41. The van der Waals surface area contributed by atoms with E-state index in [1.807, 2.05) is 0 Å². The van der Waals surface area contributed by atoms with Gasteiger partial charge in [0.15, 0.2) is 5.69 Å². The van der Waals surface area contributed by atoms with Crippen LogP contribution >= 0.6 is 0 Å². The molecule has 2 N–H and O–H groups in total. The third-order valence-corrected chi connectivity index (χ3v) is 3.50. The lowest BCUT2D eigenvalue weighted by atomic mass is 10.1. The van der Waals surface area contributed by atoms with Gasteiger partial charge in [-0.2, -0.15) is 0 Å². The van der Waals surface area contributed by atoms with Crippen LogP contribution in [-0.4, -0.2) is 57.9 Å². The van der Waals surface area contributed by atoms with Crippen LogP contribution in [0.2, 0.25) is 0 Å². The van der Waals surface area contributed by atoms with E-state index in [4.69, 9.17) is 5.11 Å². The lowest BCUT2D eigenvalue weighted by Crippen LogP contribution is -2.34. The molecule has 0 aromatic heterocycles. The average Bonchev–Trinajstić information content (AvgIpc) is 2.88. The Morgan fingerprint density at radius 2 is 1.78 bits per heavy atom. The molecule has 0 atom stereocenters. The van der Waals surface area contributed by atoms with E-state index < -0.39 is 62.6 Å². The first kappa shape index (κ1) is 19.5. The number of hydrogen-bond acceptors (Lipinski definition) is 10. The van der Waals surface area contributed by atoms with Gasteiger partial charge in [-0.3, -0.25) is 34.7 Å². The monoisotopic (exact) mass is 380 g/mol. The number of carbonyl (C=O) groups excluding carboxylic acids is 3. The fraction of sp³-hybridized carbons (Fsp3) is 0.214. The lowest BCUT2D eigenvalue weighted by Gasteiger charge is -2.13. The highest BCUT2D eigenvalue weighted by molar-refractivity contribution is 6.17. The number of β-amino-alcohol motifs (C(OH)–C–C–N with tert-alkyl or cyclic N) is 1. The topological polar surface area (TPSA) is 182 Å². The highest BCUT2D eigenvalue weighted by Crippen LogP contribution is 2.37. The minimum Gasteiger partial charge on any atom is -0.465 e. The molecule has 1 aliphatic rings. The van der Waals surface area contributed by atoms with Gasteiger partial charge in [-0.25, -0.2) is 4.79 Å². The molecule has 1 aromatic rings. The van der Waals surface area contributed by atoms with Gasteiger partial charge in [-0.15, -0.1) is 0 Å². The molecule has 142 valence electrons. The standard InChI is InChI=1S/C14H12N4O9/c1-27-14(22)7-4-9(17(23)24)12(10(5-7)18(25)26)15-8-6-11(20)16(2-3-19)13(8)21/h4-6,15,19H,2-3H2,1H3. The number of nitrogens with zero attached hydrogens (tertiary/aromatic N) is 3. The van der Waals surface area contributed by atoms with Crippen LogP contribution in [0.15, 0.2) is 23.9 Å². The molecule has 13 nitrogen and oxygen atoms in total. The van der Waals surface area contributed by atoms with Gasteiger partial charge in [0.05, 0.1) is 35.7 Å². The zero-order chi connectivity index (χ0) is 20.3. The Hall–Kier alpha value is -3.87. The predicted octanol–water partition coefficient (Wildman–Crippen LogP) is -0.0535. The summed E-state index contributed by atoms with van der Waals surface area (Å²) in [4.78, 5) is 56.8. The molecule has 13 heteroatoms. The number of methoxy groups -OCH3 is 1. The summed E-state index contributed by atoms with van der Waals surface area (Å²) in [7, 11) is 0.996. The Bertz CT molecular complexity index is 858. The summed E-state index contributed by atoms with van der Waals surface area (Å²) >= 11 is 0. The van der Waals surface area contributed by atoms with Crippen LogP contribution in [0.3, 0.4) is 0 Å². The molecule has 0 spiro atoms. The van der Waals surface area contributed by atoms with Crippen molar-refractivity contribution in [2.75, 3.05) is 25.6 Å². The number of rotatable bonds is 7. The van der Waals surface area contributed by atoms with Crippen LogP contribution < -0.4 is 5.32 Å². The maximum Gasteiger partial charge on any atom is 0.338 e. The van der Waals surface area contributed by atoms with E-state index in [0.29, 0.717) is 4.90 Å². The van der Waals surface area contributed by atoms with Gasteiger partial charge in [-0.1, -0.05) is 0 Å². The number of amides is 2. The SMILES string of the molecule is COC(=O)c1cc([N+](=O)[O-])c(NC2=CC(=O)N(CCO)C2=O)c([N+](=O)[O-])c1. The second-order valence-electron chi connectivity index (χ2n) is 5.10. The molecule has 0 aliphatic carbocycles. The number of esters is 1. The van der Waals surface area contributed by atoms with Crippen LogP contribution in [0.4, 0.5) is 17.1 Å². The number of hydrogen-bond donors (Lipinski definition) is 2. The second kappa shape index (κ2) is 7.57. The number of nitro benzene ring substituents is 2. The molecule has 0 saturated carbocycles. The Morgan fingerprint density at radius 1 is 1.22 bits per heavy atom. The molecule has 27 heavy (non-hydrogen) atoms. The number of carbonyl (C=O) groups is 3. The van der Waals surface area contributed by atoms with Gasteiger partial charge >= 0.3 is 17.3 Å². The number of ether oxygens (including phenoxy) is 1. The van der Waals surface area contributed by atoms with E-state index in [9.17, 15) is 34.6 Å². The van der Waals surface area contributed by atoms with Crippen molar-refractivity contribution >= 4 is 34.8 Å². The van der Waals surface area contributed by atoms with Crippen molar-refractivity contribution in [1.29, 1.82) is 0 Å². The van der Waals surface area contributed by atoms with Crippen molar-refractivity contribution in [1.82, 2.24) is 4.90 Å². The van der Waals surface area contributed by atoms with E-state index in [2.05, 4.69) is 10.1 Å². The van der Waals surface area contributed by atoms with Gasteiger partial charge in [-0.05, 0) is 0 Å². The molecule has 1 aliphatic heterocycles. The maximum atomic E-state index is 12.1. The normalized spacial score (nSPS) is 13.4. The number of benzene rings is 1. The summed E-state index contributed by atoms with van der Waals surface area (Å²) in [5, 5.41) is 33.7. The lowest BCUT2D eigenvalue weighted by molar-refractivity contribution is -0.392. The van der Waals surface area contributed by atoms with E-state index in [-0.39, 0.29) is 6.54 Å². The molecule has 1 aromatic carbocycles. The van der Waals surface area contributed by atoms with Crippen molar-refractivity contribution < 1.29 is 34.1 Å². The summed E-state index contributed by atoms with van der Waals surface area (Å²) in [5.41, 5.74) is -3.31. The Morgan fingerprint density at radius 3 is 2.22 bits per heavy atom. The molecule has 0 radical (unpaired) electrons. The first-order chi connectivity index (χ1) is 12.7. The summed E-state index contributed by atoms with van der Waals surface area (Å²) in [6.07, 6.45) is 0.791. The van der Waals surface area contributed by atoms with Gasteiger partial charge in [0.25, 0.3) is 11.8 Å². The molecule has 0 fully saturated rings. The van der Waals surface area contributed by atoms with Crippen molar-refractivity contribution in [3.05, 3.63) is 49.7 Å². The molecule has 0 saturated heterocycles. The van der Waals surface area contributed by atoms with Gasteiger partial charge in [0.2, 0.25) is 0 Å². The van der Waals surface area contributed by atoms with Crippen LogP contribution in [0.1, 0.15) is 10.4 Å². The van der Waals surface area contributed by atoms with E-state index in [0.717, 1.165) is 25.3 Å². The summed E-state index contributed by atoms with van der Waals surface area (Å²) in [6.45, 7) is -0.822. The first-order valence-corrected chi connectivity index (χ1v) is 7.21. The van der Waals surface area contributed by atoms with Crippen LogP contribution in [0.25, 0.3) is 0 Å². The van der Waals surface area contributed by atoms with E-state index in [1.54, 1.807) is 0 Å². The number of aliphatic hydroxyl groups is 1. The Balaban J connectivity index is 2.56. The minimum absolute atomic E-state index is 0.315. The fourth-order valence-electron chi connectivity index (χ4n) is 2.31. The number of aliphatic hydroxyl groups excluding tert-OH is 1. The van der Waals surface area contributed by atoms with Crippen molar-refractivity contribution in [2.45, 2.75) is 0 Å². The van der Waals surface area contributed by atoms with Gasteiger partial charge < -0.3 is 15.2 Å². The van der Waals surface area contributed by atoms with Crippen LogP contribution in [0.5, 0.6) is 0 Å². The van der Waals surface area contributed by atoms with Gasteiger partial charge in [0, 0.05) is 18.2 Å². The second-order valence-corrected chi connectivity index (χ2v) is 5.10. The molecule has 2 rings (SSSR count). The number of anilines is 1. The quantitative estimate of drug-likeness (QED) is 0.281. The predicted molar refractivity (Wildman–Crippen MR) is 86.6 cm³/mol. The van der Waals surface area contributed by atoms with Crippen molar-refractivity contribution in [3.63, 3.8) is 0 Å². The first-order valence-electron chi connectivity index (χ1n) is 7.21. The molecule has 1 heterocycles. The summed E-state index contributed by atoms with van der Waals surface area (Å²) in [5.74, 6) is -2.75. The number of nitro groups is 2. The summed E-state index contributed by atoms with van der Waals surface area (Å²) in [6, 6.07) is 1.49. The highest BCUT2D eigenvalue weighted by Gasteiger charge is 2.35. The molecule has 0 bridgehead atoms. The minimum atomic E-state index is -1.03.